The minimum atomic E-state index is -0.732. The Bertz CT molecular complexity index is 448. The molecule has 1 aliphatic rings. The highest BCUT2D eigenvalue weighted by atomic mass is 19.1. The van der Waals surface area contributed by atoms with E-state index in [1.165, 1.54) is 13.2 Å². The summed E-state index contributed by atoms with van der Waals surface area (Å²) in [6, 6.07) is 1.39. The Morgan fingerprint density at radius 1 is 1.61 bits per heavy atom. The first-order valence-electron chi connectivity index (χ1n) is 6.00. The van der Waals surface area contributed by atoms with Gasteiger partial charge in [-0.2, -0.15) is 0 Å². The minimum absolute atomic E-state index is 0.209. The molecule has 4 nitrogen and oxygen atoms in total. The van der Waals surface area contributed by atoms with Gasteiger partial charge in [-0.25, -0.2) is 4.39 Å². The van der Waals surface area contributed by atoms with Crippen LogP contribution in [0.3, 0.4) is 0 Å². The average Bonchev–Trinajstić information content (AvgIpc) is 3.19. The fourth-order valence-corrected chi connectivity index (χ4v) is 2.46. The molecule has 0 aromatic carbocycles. The Kier molecular flexibility index (Phi) is 3.61. The molecule has 18 heavy (non-hydrogen) atoms. The number of aromatic nitrogens is 1. The number of halogens is 1. The summed E-state index contributed by atoms with van der Waals surface area (Å²) in [4.78, 5) is 15.8. The van der Waals surface area contributed by atoms with Crippen LogP contribution in [0.2, 0.25) is 0 Å². The lowest BCUT2D eigenvalue weighted by Crippen LogP contribution is -2.43. The van der Waals surface area contributed by atoms with Gasteiger partial charge in [-0.3, -0.25) is 9.78 Å². The van der Waals surface area contributed by atoms with E-state index in [1.807, 2.05) is 0 Å². The highest BCUT2D eigenvalue weighted by Gasteiger charge is 2.50. The summed E-state index contributed by atoms with van der Waals surface area (Å²) in [5, 5.41) is 0. The molecule has 1 heterocycles. The molecule has 0 aliphatic heterocycles. The van der Waals surface area contributed by atoms with Crippen LogP contribution >= 0.6 is 0 Å². The van der Waals surface area contributed by atoms with Crippen LogP contribution in [0, 0.1) is 17.2 Å². The van der Waals surface area contributed by atoms with Gasteiger partial charge in [0.15, 0.2) is 0 Å². The monoisotopic (exact) mass is 252 g/mol. The lowest BCUT2D eigenvalue weighted by molar-refractivity contribution is -0.153. The zero-order valence-electron chi connectivity index (χ0n) is 10.4. The van der Waals surface area contributed by atoms with Crippen LogP contribution in [0.5, 0.6) is 0 Å². The molecule has 0 radical (unpaired) electrons. The molecule has 1 aliphatic carbocycles. The molecule has 5 heteroatoms. The molecule has 2 rings (SSSR count). The van der Waals surface area contributed by atoms with E-state index >= 15 is 0 Å². The van der Waals surface area contributed by atoms with Gasteiger partial charge >= 0.3 is 5.97 Å². The van der Waals surface area contributed by atoms with Gasteiger partial charge in [0.25, 0.3) is 0 Å². The lowest BCUT2D eigenvalue weighted by Gasteiger charge is -2.29. The summed E-state index contributed by atoms with van der Waals surface area (Å²) in [6.07, 6.45) is 5.03. The molecule has 1 atom stereocenters. The third-order valence-corrected chi connectivity index (χ3v) is 3.60. The van der Waals surface area contributed by atoms with Crippen molar-refractivity contribution in [1.82, 2.24) is 4.98 Å². The molecule has 1 fully saturated rings. The molecule has 0 amide bonds. The van der Waals surface area contributed by atoms with Crippen LogP contribution in [-0.4, -0.2) is 24.6 Å². The second-order valence-corrected chi connectivity index (χ2v) is 4.81. The molecular weight excluding hydrogens is 235 g/mol. The first kappa shape index (κ1) is 13.0. The van der Waals surface area contributed by atoms with E-state index in [0.717, 1.165) is 19.0 Å². The fraction of sp³-hybridized carbons (Fsp3) is 0.538. The van der Waals surface area contributed by atoms with E-state index in [2.05, 4.69) is 4.98 Å². The Morgan fingerprint density at radius 2 is 2.33 bits per heavy atom. The van der Waals surface area contributed by atoms with E-state index in [0.29, 0.717) is 12.0 Å². The van der Waals surface area contributed by atoms with Crippen molar-refractivity contribution < 1.29 is 13.9 Å². The van der Waals surface area contributed by atoms with Crippen LogP contribution in [0.1, 0.15) is 18.4 Å². The average molecular weight is 252 g/mol. The quantitative estimate of drug-likeness (QED) is 0.802. The summed E-state index contributed by atoms with van der Waals surface area (Å²) in [5.41, 5.74) is 5.74. The van der Waals surface area contributed by atoms with Gasteiger partial charge in [0, 0.05) is 12.7 Å². The van der Waals surface area contributed by atoms with Crippen molar-refractivity contribution in [3.05, 3.63) is 29.8 Å². The third kappa shape index (κ3) is 2.36. The number of ether oxygens (including phenoxy) is 1. The second-order valence-electron chi connectivity index (χ2n) is 4.81. The highest BCUT2D eigenvalue weighted by Crippen LogP contribution is 2.47. The lowest BCUT2D eigenvalue weighted by atomic mass is 9.77. The van der Waals surface area contributed by atoms with Crippen LogP contribution in [0.4, 0.5) is 4.39 Å². The number of nitrogens with zero attached hydrogens (tertiary/aromatic N) is 1. The summed E-state index contributed by atoms with van der Waals surface area (Å²) in [6.45, 7) is 0.209. The molecule has 98 valence electrons. The molecule has 1 unspecified atom stereocenters. The smallest absolute Gasteiger partial charge is 0.313 e. The number of carbonyl (C=O) groups is 1. The van der Waals surface area contributed by atoms with Crippen molar-refractivity contribution in [1.29, 1.82) is 0 Å². The summed E-state index contributed by atoms with van der Waals surface area (Å²) >= 11 is 0. The number of hydrogen-bond donors (Lipinski definition) is 1. The zero-order chi connectivity index (χ0) is 13.2. The van der Waals surface area contributed by atoms with E-state index in [4.69, 9.17) is 10.5 Å². The van der Waals surface area contributed by atoms with Crippen molar-refractivity contribution in [2.24, 2.45) is 17.1 Å². The predicted molar refractivity (Wildman–Crippen MR) is 64.1 cm³/mol. The Balaban J connectivity index is 2.27. The maximum absolute atomic E-state index is 13.1. The first-order chi connectivity index (χ1) is 8.62. The van der Waals surface area contributed by atoms with Gasteiger partial charge < -0.3 is 10.5 Å². The van der Waals surface area contributed by atoms with E-state index in [-0.39, 0.29) is 18.4 Å². The van der Waals surface area contributed by atoms with Gasteiger partial charge in [0.05, 0.1) is 18.7 Å². The highest BCUT2D eigenvalue weighted by molar-refractivity contribution is 5.78. The normalized spacial score (nSPS) is 18.2. The third-order valence-electron chi connectivity index (χ3n) is 3.60. The Hall–Kier alpha value is -1.49. The molecule has 2 N–H and O–H groups in total. The van der Waals surface area contributed by atoms with Crippen molar-refractivity contribution in [2.75, 3.05) is 13.7 Å². The SMILES string of the molecule is COC(=O)C(CN)(Cc1cncc(F)c1)C1CC1. The largest absolute Gasteiger partial charge is 0.469 e. The van der Waals surface area contributed by atoms with Crippen molar-refractivity contribution >= 4 is 5.97 Å². The first-order valence-corrected chi connectivity index (χ1v) is 6.00. The van der Waals surface area contributed by atoms with Crippen molar-refractivity contribution in [3.8, 4) is 0 Å². The number of pyridine rings is 1. The summed E-state index contributed by atoms with van der Waals surface area (Å²) in [5.74, 6) is -0.478. The number of rotatable bonds is 5. The standard InChI is InChI=1S/C13H17FN2O2/c1-18-12(17)13(8-15,10-2-3-10)5-9-4-11(14)7-16-6-9/h4,6-7,10H,2-3,5,8,15H2,1H3. The number of nitrogens with two attached hydrogens (primary N) is 1. The van der Waals surface area contributed by atoms with Gasteiger partial charge in [0.2, 0.25) is 0 Å². The number of hydrogen-bond acceptors (Lipinski definition) is 4. The van der Waals surface area contributed by atoms with Crippen LogP contribution in [0.15, 0.2) is 18.5 Å². The molecule has 0 bridgehead atoms. The molecule has 1 aromatic heterocycles. The van der Waals surface area contributed by atoms with Crippen molar-refractivity contribution in [2.45, 2.75) is 19.3 Å². The van der Waals surface area contributed by atoms with Gasteiger partial charge in [-0.05, 0) is 36.8 Å². The fourth-order valence-electron chi connectivity index (χ4n) is 2.46. The molecular formula is C13H17FN2O2. The number of esters is 1. The minimum Gasteiger partial charge on any atom is -0.469 e. The van der Waals surface area contributed by atoms with Gasteiger partial charge in [-0.15, -0.1) is 0 Å². The van der Waals surface area contributed by atoms with Gasteiger partial charge in [0.1, 0.15) is 5.82 Å². The van der Waals surface area contributed by atoms with Gasteiger partial charge in [-0.1, -0.05) is 0 Å². The molecule has 0 saturated heterocycles. The van der Waals surface area contributed by atoms with Crippen LogP contribution in [-0.2, 0) is 16.0 Å². The maximum Gasteiger partial charge on any atom is 0.313 e. The van der Waals surface area contributed by atoms with Crippen LogP contribution in [0.25, 0.3) is 0 Å². The topological polar surface area (TPSA) is 65.2 Å². The number of methoxy groups -OCH3 is 1. The van der Waals surface area contributed by atoms with E-state index < -0.39 is 11.2 Å². The predicted octanol–water partition coefficient (Wildman–Crippen LogP) is 1.29. The maximum atomic E-state index is 13.1. The van der Waals surface area contributed by atoms with Crippen molar-refractivity contribution in [3.63, 3.8) is 0 Å². The summed E-state index contributed by atoms with van der Waals surface area (Å²) < 4.78 is 18.0. The van der Waals surface area contributed by atoms with E-state index in [9.17, 15) is 9.18 Å². The molecule has 0 spiro atoms. The Labute approximate surface area is 105 Å². The molecule has 1 saturated carbocycles. The van der Waals surface area contributed by atoms with Crippen LogP contribution < -0.4 is 5.73 Å². The zero-order valence-corrected chi connectivity index (χ0v) is 10.4. The van der Waals surface area contributed by atoms with E-state index in [1.54, 1.807) is 6.20 Å². The molecule has 1 aromatic rings. The second kappa shape index (κ2) is 5.02. The Morgan fingerprint density at radius 3 is 2.83 bits per heavy atom. The number of carbonyl (C=O) groups excluding carboxylic acids is 1. The summed E-state index contributed by atoms with van der Waals surface area (Å²) in [7, 11) is 1.36.